The molecule has 4 nitrogen and oxygen atoms in total. The van der Waals surface area contributed by atoms with Crippen molar-refractivity contribution in [3.8, 4) is 11.5 Å². The number of amides is 1. The summed E-state index contributed by atoms with van der Waals surface area (Å²) in [5.74, 6) is 0.880. The van der Waals surface area contributed by atoms with Crippen LogP contribution in [0.25, 0.3) is 0 Å². The highest BCUT2D eigenvalue weighted by molar-refractivity contribution is 6.30. The molecule has 5 heteroatoms. The van der Waals surface area contributed by atoms with Gasteiger partial charge in [-0.2, -0.15) is 0 Å². The van der Waals surface area contributed by atoms with Crippen LogP contribution in [0, 0.1) is 0 Å². The summed E-state index contributed by atoms with van der Waals surface area (Å²) in [5, 5.41) is 3.60. The Labute approximate surface area is 135 Å². The first-order chi connectivity index (χ1) is 10.5. The molecule has 0 saturated heterocycles. The molecule has 0 heterocycles. The summed E-state index contributed by atoms with van der Waals surface area (Å²) in [6.07, 6.45) is 0. The van der Waals surface area contributed by atoms with Crippen LogP contribution in [0.15, 0.2) is 42.5 Å². The fourth-order valence-corrected chi connectivity index (χ4v) is 2.23. The molecule has 0 radical (unpaired) electrons. The van der Waals surface area contributed by atoms with E-state index in [1.165, 1.54) is 7.11 Å². The maximum Gasteiger partial charge on any atom is 0.255 e. The third kappa shape index (κ3) is 3.71. The van der Waals surface area contributed by atoms with Crippen molar-refractivity contribution < 1.29 is 14.3 Å². The molecule has 0 aliphatic rings. The average Bonchev–Trinajstić information content (AvgIpc) is 2.54. The van der Waals surface area contributed by atoms with Crippen LogP contribution in [0.3, 0.4) is 0 Å². The third-order valence-corrected chi connectivity index (χ3v) is 3.62. The minimum absolute atomic E-state index is 0.152. The van der Waals surface area contributed by atoms with Crippen LogP contribution in [0.1, 0.15) is 28.9 Å². The Morgan fingerprint density at radius 3 is 2.36 bits per heavy atom. The molecule has 1 amide bonds. The van der Waals surface area contributed by atoms with Crippen LogP contribution in [0.2, 0.25) is 5.02 Å². The molecular weight excluding hydrogens is 302 g/mol. The van der Waals surface area contributed by atoms with E-state index in [0.29, 0.717) is 22.1 Å². The maximum atomic E-state index is 12.5. The van der Waals surface area contributed by atoms with Gasteiger partial charge in [-0.15, -0.1) is 0 Å². The maximum absolute atomic E-state index is 12.5. The largest absolute Gasteiger partial charge is 0.497 e. The number of nitrogens with one attached hydrogen (secondary N) is 1. The summed E-state index contributed by atoms with van der Waals surface area (Å²) in [6.45, 7) is 1.91. The van der Waals surface area contributed by atoms with Gasteiger partial charge in [0.2, 0.25) is 0 Å². The predicted octanol–water partition coefficient (Wildman–Crippen LogP) is 3.85. The summed E-state index contributed by atoms with van der Waals surface area (Å²) >= 11 is 5.87. The minimum Gasteiger partial charge on any atom is -0.497 e. The number of rotatable bonds is 5. The molecule has 22 heavy (non-hydrogen) atoms. The summed E-state index contributed by atoms with van der Waals surface area (Å²) in [4.78, 5) is 12.5. The van der Waals surface area contributed by atoms with Crippen molar-refractivity contribution in [3.05, 3.63) is 58.6 Å². The van der Waals surface area contributed by atoms with E-state index in [4.69, 9.17) is 21.1 Å². The summed E-state index contributed by atoms with van der Waals surface area (Å²) in [6, 6.07) is 12.3. The van der Waals surface area contributed by atoms with E-state index in [-0.39, 0.29) is 11.9 Å². The zero-order valence-corrected chi connectivity index (χ0v) is 13.5. The summed E-state index contributed by atoms with van der Waals surface area (Å²) in [5.41, 5.74) is 1.40. The van der Waals surface area contributed by atoms with E-state index in [2.05, 4.69) is 5.32 Å². The lowest BCUT2D eigenvalue weighted by molar-refractivity contribution is 0.0936. The number of carbonyl (C=O) groups is 1. The van der Waals surface area contributed by atoms with Gasteiger partial charge >= 0.3 is 0 Å². The van der Waals surface area contributed by atoms with Gasteiger partial charge in [0.1, 0.15) is 11.5 Å². The molecule has 0 fully saturated rings. The first-order valence-electron chi connectivity index (χ1n) is 6.83. The summed E-state index contributed by atoms with van der Waals surface area (Å²) in [7, 11) is 3.08. The van der Waals surface area contributed by atoms with Crippen molar-refractivity contribution in [2.45, 2.75) is 13.0 Å². The normalized spacial score (nSPS) is 11.6. The zero-order chi connectivity index (χ0) is 16.1. The second-order valence-corrected chi connectivity index (χ2v) is 5.25. The Kier molecular flexibility index (Phi) is 5.28. The van der Waals surface area contributed by atoms with E-state index in [9.17, 15) is 4.79 Å². The van der Waals surface area contributed by atoms with Crippen LogP contribution in [0.5, 0.6) is 11.5 Å². The van der Waals surface area contributed by atoms with Gasteiger partial charge in [-0.25, -0.2) is 0 Å². The molecule has 0 spiro atoms. The topological polar surface area (TPSA) is 47.6 Å². The lowest BCUT2D eigenvalue weighted by Crippen LogP contribution is -2.27. The van der Waals surface area contributed by atoms with Gasteiger partial charge in [0, 0.05) is 5.02 Å². The minimum atomic E-state index is -0.224. The number of carbonyl (C=O) groups excluding carboxylic acids is 1. The van der Waals surface area contributed by atoms with Crippen LogP contribution in [0.4, 0.5) is 0 Å². The molecule has 2 aromatic rings. The van der Waals surface area contributed by atoms with E-state index >= 15 is 0 Å². The molecule has 2 aromatic carbocycles. The van der Waals surface area contributed by atoms with Gasteiger partial charge < -0.3 is 14.8 Å². The van der Waals surface area contributed by atoms with Crippen LogP contribution in [-0.2, 0) is 0 Å². The highest BCUT2D eigenvalue weighted by Gasteiger charge is 2.16. The highest BCUT2D eigenvalue weighted by atomic mass is 35.5. The molecule has 1 unspecified atom stereocenters. The molecule has 1 N–H and O–H groups in total. The van der Waals surface area contributed by atoms with Crippen molar-refractivity contribution in [1.82, 2.24) is 5.32 Å². The lowest BCUT2D eigenvalue weighted by atomic mass is 10.1. The van der Waals surface area contributed by atoms with E-state index < -0.39 is 0 Å². The molecule has 116 valence electrons. The van der Waals surface area contributed by atoms with Crippen LogP contribution >= 0.6 is 11.6 Å². The van der Waals surface area contributed by atoms with Crippen molar-refractivity contribution in [2.75, 3.05) is 14.2 Å². The lowest BCUT2D eigenvalue weighted by Gasteiger charge is -2.16. The first-order valence-corrected chi connectivity index (χ1v) is 7.21. The Balaban J connectivity index is 2.19. The Bertz CT molecular complexity index is 655. The second kappa shape index (κ2) is 7.18. The van der Waals surface area contributed by atoms with Gasteiger partial charge in [0.15, 0.2) is 0 Å². The standard InChI is InChI=1S/C17H18ClNO3/c1-11(12-4-6-13(18)7-5-12)19-17(20)15-10-14(21-2)8-9-16(15)22-3/h4-11H,1-3H3,(H,19,20). The highest BCUT2D eigenvalue weighted by Crippen LogP contribution is 2.25. The monoisotopic (exact) mass is 319 g/mol. The van der Waals surface area contributed by atoms with Crippen molar-refractivity contribution in [3.63, 3.8) is 0 Å². The fraction of sp³-hybridized carbons (Fsp3) is 0.235. The summed E-state index contributed by atoms with van der Waals surface area (Å²) < 4.78 is 10.4. The van der Waals surface area contributed by atoms with Gasteiger partial charge in [-0.05, 0) is 42.8 Å². The van der Waals surface area contributed by atoms with Crippen molar-refractivity contribution >= 4 is 17.5 Å². The first kappa shape index (κ1) is 16.2. The van der Waals surface area contributed by atoms with E-state index in [1.54, 1.807) is 37.4 Å². The molecule has 1 atom stereocenters. The van der Waals surface area contributed by atoms with Gasteiger partial charge in [0.25, 0.3) is 5.91 Å². The number of methoxy groups -OCH3 is 2. The Morgan fingerprint density at radius 1 is 1.09 bits per heavy atom. The van der Waals surface area contributed by atoms with Crippen LogP contribution in [-0.4, -0.2) is 20.1 Å². The molecule has 0 bridgehead atoms. The Morgan fingerprint density at radius 2 is 1.77 bits per heavy atom. The SMILES string of the molecule is COc1ccc(OC)c(C(=O)NC(C)c2ccc(Cl)cc2)c1. The predicted molar refractivity (Wildman–Crippen MR) is 86.9 cm³/mol. The van der Waals surface area contributed by atoms with E-state index in [1.807, 2.05) is 19.1 Å². The number of halogens is 1. The fourth-order valence-electron chi connectivity index (χ4n) is 2.10. The van der Waals surface area contributed by atoms with Gasteiger partial charge in [0.05, 0.1) is 25.8 Å². The quantitative estimate of drug-likeness (QED) is 0.910. The Hall–Kier alpha value is -2.20. The molecular formula is C17H18ClNO3. The number of hydrogen-bond donors (Lipinski definition) is 1. The zero-order valence-electron chi connectivity index (χ0n) is 12.7. The van der Waals surface area contributed by atoms with Gasteiger partial charge in [-0.1, -0.05) is 23.7 Å². The van der Waals surface area contributed by atoms with Gasteiger partial charge in [-0.3, -0.25) is 4.79 Å². The molecule has 0 aliphatic heterocycles. The van der Waals surface area contributed by atoms with E-state index in [0.717, 1.165) is 5.56 Å². The number of benzene rings is 2. The molecule has 0 aromatic heterocycles. The number of hydrogen-bond acceptors (Lipinski definition) is 3. The molecule has 0 saturated carbocycles. The third-order valence-electron chi connectivity index (χ3n) is 3.37. The number of ether oxygens (including phenoxy) is 2. The second-order valence-electron chi connectivity index (χ2n) is 4.81. The molecule has 2 rings (SSSR count). The van der Waals surface area contributed by atoms with Crippen molar-refractivity contribution in [2.24, 2.45) is 0 Å². The average molecular weight is 320 g/mol. The van der Waals surface area contributed by atoms with Crippen molar-refractivity contribution in [1.29, 1.82) is 0 Å². The smallest absolute Gasteiger partial charge is 0.255 e. The van der Waals surface area contributed by atoms with Crippen LogP contribution < -0.4 is 14.8 Å². The molecule has 0 aliphatic carbocycles.